The maximum Gasteiger partial charge on any atom is 0.138 e. The lowest BCUT2D eigenvalue weighted by Crippen LogP contribution is -2.20. The number of nitrogens with one attached hydrogen (secondary N) is 2. The van der Waals surface area contributed by atoms with E-state index in [0.717, 1.165) is 48.7 Å². The van der Waals surface area contributed by atoms with Gasteiger partial charge in [-0.05, 0) is 84.5 Å². The number of fused-ring (bicyclic) bond motifs is 2. The summed E-state index contributed by atoms with van der Waals surface area (Å²) in [6.45, 7) is 4.28. The molecule has 0 bridgehead atoms. The Balaban J connectivity index is 1.31. The standard InChI is InChI=1S/C30H33N5/c1-20-6-7-23-8-9-24(25-13-22(17-33-18-25)16-32-15-21-4-2-3-5-21)14-26(23)27(12-20)30-34-28-10-11-31-19-29(28)35-30/h8-14,17-21,32H,2-7,15-16H2,1H3,(H,34,35). The van der Waals surface area contributed by atoms with Gasteiger partial charge in [-0.1, -0.05) is 38.0 Å². The summed E-state index contributed by atoms with van der Waals surface area (Å²) in [6.07, 6.45) is 17.7. The number of allylic oxidation sites excluding steroid dienone is 1. The van der Waals surface area contributed by atoms with Gasteiger partial charge in [0.1, 0.15) is 5.82 Å². The lowest BCUT2D eigenvalue weighted by Gasteiger charge is -2.13. The van der Waals surface area contributed by atoms with E-state index in [9.17, 15) is 0 Å². The molecule has 1 saturated carbocycles. The van der Waals surface area contributed by atoms with Crippen molar-refractivity contribution in [2.75, 3.05) is 6.54 Å². The molecule has 3 aromatic heterocycles. The molecular formula is C30H33N5. The largest absolute Gasteiger partial charge is 0.337 e. The summed E-state index contributed by atoms with van der Waals surface area (Å²) in [5.41, 5.74) is 9.36. The van der Waals surface area contributed by atoms with Crippen molar-refractivity contribution in [3.63, 3.8) is 0 Å². The normalized spacial score (nSPS) is 18.4. The van der Waals surface area contributed by atoms with E-state index in [-0.39, 0.29) is 0 Å². The van der Waals surface area contributed by atoms with Crippen molar-refractivity contribution in [2.24, 2.45) is 11.8 Å². The van der Waals surface area contributed by atoms with Crippen LogP contribution in [0.25, 0.3) is 27.7 Å². The van der Waals surface area contributed by atoms with Crippen LogP contribution in [0, 0.1) is 11.8 Å². The van der Waals surface area contributed by atoms with Gasteiger partial charge in [0, 0.05) is 36.3 Å². The molecular weight excluding hydrogens is 430 g/mol. The van der Waals surface area contributed by atoms with Crippen LogP contribution in [0.3, 0.4) is 0 Å². The first-order chi connectivity index (χ1) is 17.2. The third-order valence-electron chi connectivity index (χ3n) is 7.62. The third-order valence-corrected chi connectivity index (χ3v) is 7.62. The van der Waals surface area contributed by atoms with Gasteiger partial charge in [0.05, 0.1) is 17.2 Å². The summed E-state index contributed by atoms with van der Waals surface area (Å²) in [4.78, 5) is 17.2. The molecule has 0 aliphatic heterocycles. The van der Waals surface area contributed by atoms with Gasteiger partial charge >= 0.3 is 0 Å². The number of aromatic amines is 1. The molecule has 1 atom stereocenters. The molecule has 35 heavy (non-hydrogen) atoms. The molecule has 1 aromatic carbocycles. The molecule has 3 heterocycles. The third kappa shape index (κ3) is 4.78. The lowest BCUT2D eigenvalue weighted by atomic mass is 9.94. The summed E-state index contributed by atoms with van der Waals surface area (Å²) in [5, 5.41) is 3.66. The fraction of sp³-hybridized carbons (Fsp3) is 0.367. The molecule has 0 saturated heterocycles. The number of hydrogen-bond donors (Lipinski definition) is 2. The summed E-state index contributed by atoms with van der Waals surface area (Å²) in [7, 11) is 0. The van der Waals surface area contributed by atoms with E-state index in [1.54, 1.807) is 6.20 Å². The van der Waals surface area contributed by atoms with Crippen LogP contribution in [0.4, 0.5) is 0 Å². The summed E-state index contributed by atoms with van der Waals surface area (Å²) in [6, 6.07) is 11.1. The number of pyridine rings is 2. The van der Waals surface area contributed by atoms with E-state index < -0.39 is 0 Å². The highest BCUT2D eigenvalue weighted by molar-refractivity contribution is 5.86. The smallest absolute Gasteiger partial charge is 0.138 e. The van der Waals surface area contributed by atoms with Crippen LogP contribution in [0.5, 0.6) is 0 Å². The van der Waals surface area contributed by atoms with Gasteiger partial charge in [0.2, 0.25) is 0 Å². The number of benzene rings is 1. The molecule has 4 aromatic rings. The van der Waals surface area contributed by atoms with E-state index in [1.807, 2.05) is 24.7 Å². The molecule has 0 radical (unpaired) electrons. The molecule has 0 amide bonds. The van der Waals surface area contributed by atoms with Crippen molar-refractivity contribution in [1.82, 2.24) is 25.3 Å². The molecule has 178 valence electrons. The van der Waals surface area contributed by atoms with Crippen LogP contribution in [-0.2, 0) is 13.0 Å². The van der Waals surface area contributed by atoms with Crippen molar-refractivity contribution in [3.05, 3.63) is 83.7 Å². The van der Waals surface area contributed by atoms with Gasteiger partial charge in [-0.25, -0.2) is 4.98 Å². The number of hydrogen-bond acceptors (Lipinski definition) is 4. The average molecular weight is 464 g/mol. The topological polar surface area (TPSA) is 66.5 Å². The predicted molar refractivity (Wildman–Crippen MR) is 142 cm³/mol. The predicted octanol–water partition coefficient (Wildman–Crippen LogP) is 6.31. The molecule has 2 N–H and O–H groups in total. The van der Waals surface area contributed by atoms with Crippen LogP contribution in [0.1, 0.15) is 61.5 Å². The lowest BCUT2D eigenvalue weighted by molar-refractivity contribution is 0.489. The Bertz CT molecular complexity index is 1330. The number of nitrogens with zero attached hydrogens (tertiary/aromatic N) is 3. The van der Waals surface area contributed by atoms with Gasteiger partial charge < -0.3 is 10.3 Å². The summed E-state index contributed by atoms with van der Waals surface area (Å²) in [5.74, 6) is 2.25. The Kier molecular flexibility index (Phi) is 6.17. The fourth-order valence-corrected chi connectivity index (χ4v) is 5.63. The molecule has 5 heteroatoms. The highest BCUT2D eigenvalue weighted by Gasteiger charge is 2.20. The summed E-state index contributed by atoms with van der Waals surface area (Å²) >= 11 is 0. The van der Waals surface area contributed by atoms with Gasteiger partial charge in [-0.2, -0.15) is 0 Å². The quantitative estimate of drug-likeness (QED) is 0.351. The number of imidazole rings is 1. The van der Waals surface area contributed by atoms with E-state index in [0.29, 0.717) is 5.92 Å². The van der Waals surface area contributed by atoms with Crippen molar-refractivity contribution in [1.29, 1.82) is 0 Å². The summed E-state index contributed by atoms with van der Waals surface area (Å²) < 4.78 is 0. The maximum atomic E-state index is 4.91. The maximum absolute atomic E-state index is 4.91. The van der Waals surface area contributed by atoms with Crippen LogP contribution < -0.4 is 5.32 Å². The van der Waals surface area contributed by atoms with E-state index in [1.165, 1.54) is 59.1 Å². The van der Waals surface area contributed by atoms with E-state index >= 15 is 0 Å². The molecule has 1 unspecified atom stereocenters. The van der Waals surface area contributed by atoms with Crippen LogP contribution in [0.15, 0.2) is 61.2 Å². The minimum Gasteiger partial charge on any atom is -0.337 e. The second-order valence-corrected chi connectivity index (χ2v) is 10.3. The first-order valence-corrected chi connectivity index (χ1v) is 13.0. The minimum absolute atomic E-state index is 0.489. The zero-order valence-corrected chi connectivity index (χ0v) is 20.4. The molecule has 5 nitrogen and oxygen atoms in total. The van der Waals surface area contributed by atoms with Crippen LogP contribution in [0.2, 0.25) is 0 Å². The zero-order chi connectivity index (χ0) is 23.6. The van der Waals surface area contributed by atoms with Gasteiger partial charge in [0.15, 0.2) is 0 Å². The highest BCUT2D eigenvalue weighted by atomic mass is 14.9. The fourth-order valence-electron chi connectivity index (χ4n) is 5.63. The van der Waals surface area contributed by atoms with E-state index in [4.69, 9.17) is 4.98 Å². The van der Waals surface area contributed by atoms with Crippen LogP contribution >= 0.6 is 0 Å². The highest BCUT2D eigenvalue weighted by Crippen LogP contribution is 2.35. The second-order valence-electron chi connectivity index (χ2n) is 10.3. The molecule has 2 aliphatic rings. The monoisotopic (exact) mass is 463 g/mol. The number of rotatable bonds is 6. The Morgan fingerprint density at radius 3 is 2.77 bits per heavy atom. The minimum atomic E-state index is 0.489. The molecule has 1 fully saturated rings. The second kappa shape index (κ2) is 9.74. The Hall–Kier alpha value is -3.31. The van der Waals surface area contributed by atoms with Gasteiger partial charge in [-0.15, -0.1) is 0 Å². The SMILES string of the molecule is CC1C=C(c2nc3ccncc3[nH]2)c2cc(-c3cncc(CNCC4CCCC4)c3)ccc2CC1. The van der Waals surface area contributed by atoms with E-state index in [2.05, 4.69) is 57.5 Å². The number of aromatic nitrogens is 4. The first-order valence-electron chi connectivity index (χ1n) is 13.0. The first kappa shape index (κ1) is 22.2. The molecule has 0 spiro atoms. The van der Waals surface area contributed by atoms with Crippen molar-refractivity contribution < 1.29 is 0 Å². The Labute approximate surface area is 207 Å². The van der Waals surface area contributed by atoms with Gasteiger partial charge in [-0.3, -0.25) is 9.97 Å². The van der Waals surface area contributed by atoms with Crippen molar-refractivity contribution in [2.45, 2.75) is 52.0 Å². The Morgan fingerprint density at radius 1 is 0.971 bits per heavy atom. The number of aryl methyl sites for hydroxylation is 1. The van der Waals surface area contributed by atoms with Crippen molar-refractivity contribution in [3.8, 4) is 11.1 Å². The van der Waals surface area contributed by atoms with Crippen molar-refractivity contribution >= 4 is 16.6 Å². The number of H-pyrrole nitrogens is 1. The van der Waals surface area contributed by atoms with Gasteiger partial charge in [0.25, 0.3) is 0 Å². The zero-order valence-electron chi connectivity index (χ0n) is 20.4. The van der Waals surface area contributed by atoms with Crippen LogP contribution in [-0.4, -0.2) is 26.5 Å². The Morgan fingerprint density at radius 2 is 1.89 bits per heavy atom. The molecule has 2 aliphatic carbocycles. The average Bonchev–Trinajstić information content (AvgIpc) is 3.53. The molecule has 6 rings (SSSR count).